The van der Waals surface area contributed by atoms with Crippen molar-refractivity contribution in [2.45, 2.75) is 26.1 Å². The molecule has 1 aromatic rings. The van der Waals surface area contributed by atoms with Gasteiger partial charge in [0.15, 0.2) is 0 Å². The molecule has 0 radical (unpaired) electrons. The minimum absolute atomic E-state index is 0.0542. The Balaban J connectivity index is 2.27. The largest absolute Gasteiger partial charge is 0.416 e. The second-order valence-corrected chi connectivity index (χ2v) is 4.44. The second kappa shape index (κ2) is 4.55. The fraction of sp³-hybridized carbons (Fsp3) is 0.385. The molecule has 1 unspecified atom stereocenters. The van der Waals surface area contributed by atoms with Gasteiger partial charge in [0.2, 0.25) is 0 Å². The third-order valence-electron chi connectivity index (χ3n) is 3.20. The van der Waals surface area contributed by atoms with Gasteiger partial charge in [0.25, 0.3) is 0 Å². The Morgan fingerprint density at radius 3 is 2.56 bits per heavy atom. The molecular formula is C13H15F3N2. The van der Waals surface area contributed by atoms with Crippen LogP contribution in [-0.2, 0) is 6.18 Å². The van der Waals surface area contributed by atoms with Crippen molar-refractivity contribution in [1.82, 2.24) is 10.2 Å². The molecule has 2 nitrogen and oxygen atoms in total. The summed E-state index contributed by atoms with van der Waals surface area (Å²) in [5.74, 6) is 0. The number of alkyl halides is 3. The van der Waals surface area contributed by atoms with Crippen LogP contribution in [0.15, 0.2) is 30.6 Å². The molecule has 0 saturated heterocycles. The van der Waals surface area contributed by atoms with E-state index in [-0.39, 0.29) is 6.04 Å². The third kappa shape index (κ3) is 2.44. The van der Waals surface area contributed by atoms with Crippen molar-refractivity contribution in [3.05, 3.63) is 47.3 Å². The van der Waals surface area contributed by atoms with Crippen LogP contribution >= 0.6 is 0 Å². The van der Waals surface area contributed by atoms with Gasteiger partial charge >= 0.3 is 6.18 Å². The molecule has 0 aromatic heterocycles. The van der Waals surface area contributed by atoms with Crippen LogP contribution in [-0.4, -0.2) is 11.6 Å². The van der Waals surface area contributed by atoms with Gasteiger partial charge in [0.1, 0.15) is 0 Å². The van der Waals surface area contributed by atoms with E-state index in [1.807, 2.05) is 24.2 Å². The topological polar surface area (TPSA) is 15.3 Å². The third-order valence-corrected chi connectivity index (χ3v) is 3.20. The number of hydrogen-bond donors (Lipinski definition) is 1. The normalized spacial score (nSPS) is 16.8. The molecule has 0 fully saturated rings. The van der Waals surface area contributed by atoms with Gasteiger partial charge in [-0.1, -0.05) is 6.07 Å². The highest BCUT2D eigenvalue weighted by Crippen LogP contribution is 2.32. The zero-order chi connectivity index (χ0) is 13.3. The predicted molar refractivity (Wildman–Crippen MR) is 63.6 cm³/mol. The Labute approximate surface area is 104 Å². The van der Waals surface area contributed by atoms with E-state index in [0.717, 1.165) is 11.6 Å². The Hall–Kier alpha value is -1.65. The van der Waals surface area contributed by atoms with Gasteiger partial charge in [-0.05, 0) is 37.1 Å². The summed E-state index contributed by atoms with van der Waals surface area (Å²) < 4.78 is 37.7. The minimum Gasteiger partial charge on any atom is -0.373 e. The zero-order valence-corrected chi connectivity index (χ0v) is 10.3. The number of aryl methyl sites for hydroxylation is 1. The molecule has 0 aliphatic carbocycles. The lowest BCUT2D eigenvalue weighted by molar-refractivity contribution is -0.137. The highest BCUT2D eigenvalue weighted by molar-refractivity contribution is 5.34. The number of nitrogens with zero attached hydrogens (tertiary/aromatic N) is 1. The molecule has 1 heterocycles. The van der Waals surface area contributed by atoms with Crippen LogP contribution < -0.4 is 5.32 Å². The molecule has 18 heavy (non-hydrogen) atoms. The van der Waals surface area contributed by atoms with Crippen LogP contribution in [0.25, 0.3) is 0 Å². The van der Waals surface area contributed by atoms with Crippen LogP contribution in [0.3, 0.4) is 0 Å². The standard InChI is InChI=1S/C13H15F3N2/c1-9-7-11(13(14,15)16)3-4-12(9)10(2)18-6-5-17-8-18/h3-7,10,17H,8H2,1-2H3. The van der Waals surface area contributed by atoms with Crippen molar-refractivity contribution in [1.29, 1.82) is 0 Å². The Morgan fingerprint density at radius 2 is 2.06 bits per heavy atom. The van der Waals surface area contributed by atoms with Crippen molar-refractivity contribution in [3.8, 4) is 0 Å². The van der Waals surface area contributed by atoms with Gasteiger partial charge in [0.05, 0.1) is 18.3 Å². The molecule has 1 N–H and O–H groups in total. The predicted octanol–water partition coefficient (Wildman–Crippen LogP) is 3.41. The monoisotopic (exact) mass is 256 g/mol. The number of rotatable bonds is 2. The first-order chi connectivity index (χ1) is 8.39. The van der Waals surface area contributed by atoms with Crippen molar-refractivity contribution < 1.29 is 13.2 Å². The molecular weight excluding hydrogens is 241 g/mol. The fourth-order valence-electron chi connectivity index (χ4n) is 2.12. The molecule has 0 spiro atoms. The number of halogens is 3. The average molecular weight is 256 g/mol. The molecule has 1 aromatic carbocycles. The molecule has 0 bridgehead atoms. The van der Waals surface area contributed by atoms with Gasteiger partial charge in [-0.25, -0.2) is 0 Å². The second-order valence-electron chi connectivity index (χ2n) is 4.44. The molecule has 1 atom stereocenters. The first kappa shape index (κ1) is 12.8. The van der Waals surface area contributed by atoms with Crippen molar-refractivity contribution in [3.63, 3.8) is 0 Å². The SMILES string of the molecule is Cc1cc(C(F)(F)F)ccc1C(C)N1C=CNC1. The van der Waals surface area contributed by atoms with E-state index in [0.29, 0.717) is 12.2 Å². The highest BCUT2D eigenvalue weighted by atomic mass is 19.4. The maximum absolute atomic E-state index is 12.6. The lowest BCUT2D eigenvalue weighted by Gasteiger charge is -2.26. The summed E-state index contributed by atoms with van der Waals surface area (Å²) in [6.07, 6.45) is -0.542. The first-order valence-corrected chi connectivity index (χ1v) is 5.73. The summed E-state index contributed by atoms with van der Waals surface area (Å²) in [4.78, 5) is 2.04. The van der Waals surface area contributed by atoms with Crippen LogP contribution in [0.1, 0.15) is 29.7 Å². The van der Waals surface area contributed by atoms with Gasteiger partial charge in [-0.15, -0.1) is 0 Å². The zero-order valence-electron chi connectivity index (χ0n) is 10.3. The lowest BCUT2D eigenvalue weighted by Crippen LogP contribution is -2.24. The Bertz CT molecular complexity index is 466. The van der Waals surface area contributed by atoms with Gasteiger partial charge in [0, 0.05) is 12.4 Å². The average Bonchev–Trinajstić information content (AvgIpc) is 2.80. The lowest BCUT2D eigenvalue weighted by atomic mass is 9.99. The summed E-state index contributed by atoms with van der Waals surface area (Å²) in [5, 5.41) is 3.04. The smallest absolute Gasteiger partial charge is 0.373 e. The number of benzene rings is 1. The van der Waals surface area contributed by atoms with Crippen molar-refractivity contribution >= 4 is 0 Å². The molecule has 0 saturated carbocycles. The van der Waals surface area contributed by atoms with Gasteiger partial charge in [-0.2, -0.15) is 13.2 Å². The fourth-order valence-corrected chi connectivity index (χ4v) is 2.12. The Morgan fingerprint density at radius 1 is 1.33 bits per heavy atom. The summed E-state index contributed by atoms with van der Waals surface area (Å²) in [7, 11) is 0. The maximum Gasteiger partial charge on any atom is 0.416 e. The van der Waals surface area contributed by atoms with Crippen LogP contribution in [0.5, 0.6) is 0 Å². The minimum atomic E-state index is -4.28. The maximum atomic E-state index is 12.6. The first-order valence-electron chi connectivity index (χ1n) is 5.73. The number of hydrogen-bond acceptors (Lipinski definition) is 2. The van der Waals surface area contributed by atoms with Gasteiger partial charge in [-0.3, -0.25) is 0 Å². The van der Waals surface area contributed by atoms with Crippen LogP contribution in [0, 0.1) is 6.92 Å². The molecule has 2 rings (SSSR count). The summed E-state index contributed by atoms with van der Waals surface area (Å²) >= 11 is 0. The van der Waals surface area contributed by atoms with Crippen molar-refractivity contribution in [2.24, 2.45) is 0 Å². The van der Waals surface area contributed by atoms with E-state index in [2.05, 4.69) is 5.32 Å². The van der Waals surface area contributed by atoms with Crippen LogP contribution in [0.2, 0.25) is 0 Å². The van der Waals surface area contributed by atoms with E-state index in [1.54, 1.807) is 13.0 Å². The highest BCUT2D eigenvalue weighted by Gasteiger charge is 2.31. The van der Waals surface area contributed by atoms with Crippen LogP contribution in [0.4, 0.5) is 13.2 Å². The summed E-state index contributed by atoms with van der Waals surface area (Å²) in [6.45, 7) is 4.38. The van der Waals surface area contributed by atoms with E-state index >= 15 is 0 Å². The number of nitrogens with one attached hydrogen (secondary N) is 1. The molecule has 1 aliphatic rings. The molecule has 0 amide bonds. The van der Waals surface area contributed by atoms with E-state index in [9.17, 15) is 13.2 Å². The Kier molecular flexibility index (Phi) is 3.24. The van der Waals surface area contributed by atoms with Gasteiger partial charge < -0.3 is 10.2 Å². The quantitative estimate of drug-likeness (QED) is 0.872. The van der Waals surface area contributed by atoms with E-state index < -0.39 is 11.7 Å². The molecule has 1 aliphatic heterocycles. The summed E-state index contributed by atoms with van der Waals surface area (Å²) in [6, 6.07) is 3.97. The molecule has 5 heteroatoms. The van der Waals surface area contributed by atoms with E-state index in [4.69, 9.17) is 0 Å². The van der Waals surface area contributed by atoms with Crippen molar-refractivity contribution in [2.75, 3.05) is 6.67 Å². The summed E-state index contributed by atoms with van der Waals surface area (Å²) in [5.41, 5.74) is 0.986. The van der Waals surface area contributed by atoms with E-state index in [1.165, 1.54) is 6.07 Å². The molecule has 98 valence electrons.